The predicted octanol–water partition coefficient (Wildman–Crippen LogP) is 2.50. The van der Waals surface area contributed by atoms with Crippen LogP contribution in [-0.4, -0.2) is 12.1 Å². The normalized spacial score (nSPS) is 10.8. The van der Waals surface area contributed by atoms with Crippen LogP contribution >= 0.6 is 0 Å². The molecule has 0 saturated carbocycles. The van der Waals surface area contributed by atoms with Crippen LogP contribution in [0.15, 0.2) is 30.5 Å². The Morgan fingerprint density at radius 1 is 1.38 bits per heavy atom. The van der Waals surface area contributed by atoms with E-state index in [1.807, 2.05) is 13.8 Å². The topological polar surface area (TPSA) is 41.1 Å². The molecule has 0 fully saturated rings. The molecule has 0 saturated heterocycles. The molecule has 0 bridgehead atoms. The maximum Gasteiger partial charge on any atom is 0.318 e. The SMILES string of the molecule is CC(C)NC(=O)N/C=C/c1ccccc1F. The van der Waals surface area contributed by atoms with Gasteiger partial charge in [-0.3, -0.25) is 0 Å². The lowest BCUT2D eigenvalue weighted by molar-refractivity contribution is 0.242. The molecule has 86 valence electrons. The lowest BCUT2D eigenvalue weighted by Gasteiger charge is -2.06. The number of benzene rings is 1. The first kappa shape index (κ1) is 12.2. The fourth-order valence-electron chi connectivity index (χ4n) is 1.12. The Morgan fingerprint density at radius 3 is 2.69 bits per heavy atom. The molecule has 0 aromatic heterocycles. The second-order valence-corrected chi connectivity index (χ2v) is 3.63. The maximum absolute atomic E-state index is 13.1. The van der Waals surface area contributed by atoms with Crippen molar-refractivity contribution in [3.05, 3.63) is 41.8 Å². The van der Waals surface area contributed by atoms with Crippen molar-refractivity contribution in [3.8, 4) is 0 Å². The molecule has 0 unspecified atom stereocenters. The van der Waals surface area contributed by atoms with E-state index in [1.54, 1.807) is 18.2 Å². The predicted molar refractivity (Wildman–Crippen MR) is 62.2 cm³/mol. The first-order valence-electron chi connectivity index (χ1n) is 5.07. The summed E-state index contributed by atoms with van der Waals surface area (Å²) in [6.07, 6.45) is 2.92. The zero-order chi connectivity index (χ0) is 12.0. The van der Waals surface area contributed by atoms with Crippen molar-refractivity contribution in [1.29, 1.82) is 0 Å². The van der Waals surface area contributed by atoms with Gasteiger partial charge < -0.3 is 10.6 Å². The van der Waals surface area contributed by atoms with E-state index in [0.717, 1.165) is 0 Å². The minimum Gasteiger partial charge on any atom is -0.336 e. The van der Waals surface area contributed by atoms with E-state index in [9.17, 15) is 9.18 Å². The van der Waals surface area contributed by atoms with Crippen LogP contribution in [0.1, 0.15) is 19.4 Å². The largest absolute Gasteiger partial charge is 0.336 e. The molecule has 0 radical (unpaired) electrons. The summed E-state index contributed by atoms with van der Waals surface area (Å²) in [4.78, 5) is 11.2. The average Bonchev–Trinajstić information content (AvgIpc) is 2.19. The van der Waals surface area contributed by atoms with E-state index in [1.165, 1.54) is 18.3 Å². The highest BCUT2D eigenvalue weighted by Crippen LogP contribution is 2.07. The number of urea groups is 1. The molecular formula is C12H15FN2O. The third-order valence-electron chi connectivity index (χ3n) is 1.80. The van der Waals surface area contributed by atoms with Crippen molar-refractivity contribution in [2.75, 3.05) is 0 Å². The number of halogens is 1. The van der Waals surface area contributed by atoms with Gasteiger partial charge in [0, 0.05) is 17.8 Å². The Hall–Kier alpha value is -1.84. The molecule has 0 heterocycles. The Balaban J connectivity index is 2.49. The van der Waals surface area contributed by atoms with Crippen molar-refractivity contribution in [2.45, 2.75) is 19.9 Å². The van der Waals surface area contributed by atoms with Gasteiger partial charge in [-0.25, -0.2) is 9.18 Å². The molecule has 0 aliphatic heterocycles. The number of nitrogens with one attached hydrogen (secondary N) is 2. The van der Waals surface area contributed by atoms with Gasteiger partial charge in [0.1, 0.15) is 5.82 Å². The molecule has 16 heavy (non-hydrogen) atoms. The molecule has 1 aromatic carbocycles. The molecule has 2 amide bonds. The Morgan fingerprint density at radius 2 is 2.06 bits per heavy atom. The van der Waals surface area contributed by atoms with Crippen LogP contribution in [0.25, 0.3) is 6.08 Å². The van der Waals surface area contributed by atoms with Crippen LogP contribution in [-0.2, 0) is 0 Å². The maximum atomic E-state index is 13.1. The zero-order valence-corrected chi connectivity index (χ0v) is 9.33. The van der Waals surface area contributed by atoms with Gasteiger partial charge in [-0.05, 0) is 26.0 Å². The summed E-state index contributed by atoms with van der Waals surface area (Å²) < 4.78 is 13.1. The van der Waals surface area contributed by atoms with Crippen LogP contribution < -0.4 is 10.6 Å². The quantitative estimate of drug-likeness (QED) is 0.810. The molecule has 0 atom stereocenters. The smallest absolute Gasteiger partial charge is 0.318 e. The van der Waals surface area contributed by atoms with E-state index in [2.05, 4.69) is 10.6 Å². The molecule has 2 N–H and O–H groups in total. The summed E-state index contributed by atoms with van der Waals surface area (Å²) in [5.74, 6) is -0.315. The summed E-state index contributed by atoms with van der Waals surface area (Å²) in [6, 6.07) is 6.12. The van der Waals surface area contributed by atoms with E-state index < -0.39 is 0 Å². The van der Waals surface area contributed by atoms with Crippen molar-refractivity contribution in [1.82, 2.24) is 10.6 Å². The minimum absolute atomic E-state index is 0.0712. The first-order valence-corrected chi connectivity index (χ1v) is 5.07. The van der Waals surface area contributed by atoms with Crippen LogP contribution in [0.3, 0.4) is 0 Å². The Kier molecular flexibility index (Phi) is 4.51. The number of carbonyl (C=O) groups excluding carboxylic acids is 1. The molecule has 0 aliphatic carbocycles. The molecular weight excluding hydrogens is 207 g/mol. The highest BCUT2D eigenvalue weighted by molar-refractivity contribution is 5.76. The number of hydrogen-bond donors (Lipinski definition) is 2. The second-order valence-electron chi connectivity index (χ2n) is 3.63. The van der Waals surface area contributed by atoms with Gasteiger partial charge in [-0.2, -0.15) is 0 Å². The standard InChI is InChI=1S/C12H15FN2O/c1-9(2)15-12(16)14-8-7-10-5-3-4-6-11(10)13/h3-9H,1-2H3,(H2,14,15,16)/b8-7+. The van der Waals surface area contributed by atoms with Crippen molar-refractivity contribution in [2.24, 2.45) is 0 Å². The third-order valence-corrected chi connectivity index (χ3v) is 1.80. The monoisotopic (exact) mass is 222 g/mol. The summed E-state index contributed by atoms with van der Waals surface area (Å²) in [5, 5.41) is 5.14. The number of rotatable bonds is 3. The molecule has 1 aromatic rings. The van der Waals surface area contributed by atoms with Crippen LogP contribution in [0.4, 0.5) is 9.18 Å². The van der Waals surface area contributed by atoms with Gasteiger partial charge in [0.05, 0.1) is 0 Å². The van der Waals surface area contributed by atoms with Gasteiger partial charge in [0.25, 0.3) is 0 Å². The van der Waals surface area contributed by atoms with E-state index in [4.69, 9.17) is 0 Å². The molecule has 3 nitrogen and oxygen atoms in total. The summed E-state index contributed by atoms with van der Waals surface area (Å²) >= 11 is 0. The molecule has 1 rings (SSSR count). The summed E-state index contributed by atoms with van der Waals surface area (Å²) in [6.45, 7) is 3.72. The fourth-order valence-corrected chi connectivity index (χ4v) is 1.12. The summed E-state index contributed by atoms with van der Waals surface area (Å²) in [5.41, 5.74) is 0.437. The van der Waals surface area contributed by atoms with Gasteiger partial charge in [0.2, 0.25) is 0 Å². The van der Waals surface area contributed by atoms with Crippen molar-refractivity contribution >= 4 is 12.1 Å². The Labute approximate surface area is 94.4 Å². The van der Waals surface area contributed by atoms with Crippen molar-refractivity contribution in [3.63, 3.8) is 0 Å². The van der Waals surface area contributed by atoms with E-state index >= 15 is 0 Å². The van der Waals surface area contributed by atoms with Gasteiger partial charge >= 0.3 is 6.03 Å². The summed E-state index contributed by atoms with van der Waals surface area (Å²) in [7, 11) is 0. The molecule has 0 spiro atoms. The van der Waals surface area contributed by atoms with E-state index in [-0.39, 0.29) is 17.9 Å². The fraction of sp³-hybridized carbons (Fsp3) is 0.250. The average molecular weight is 222 g/mol. The lowest BCUT2D eigenvalue weighted by Crippen LogP contribution is -2.36. The highest BCUT2D eigenvalue weighted by Gasteiger charge is 1.99. The first-order chi connectivity index (χ1) is 7.59. The van der Waals surface area contributed by atoms with Crippen LogP contribution in [0, 0.1) is 5.82 Å². The number of amides is 2. The van der Waals surface area contributed by atoms with Crippen molar-refractivity contribution < 1.29 is 9.18 Å². The third kappa shape index (κ3) is 4.13. The van der Waals surface area contributed by atoms with Gasteiger partial charge in [0.15, 0.2) is 0 Å². The van der Waals surface area contributed by atoms with E-state index in [0.29, 0.717) is 5.56 Å². The molecule has 4 heteroatoms. The zero-order valence-electron chi connectivity index (χ0n) is 9.33. The van der Waals surface area contributed by atoms with Gasteiger partial charge in [-0.15, -0.1) is 0 Å². The lowest BCUT2D eigenvalue weighted by atomic mass is 10.2. The minimum atomic E-state index is -0.315. The molecule has 0 aliphatic rings. The second kappa shape index (κ2) is 5.90. The van der Waals surface area contributed by atoms with Crippen LogP contribution in [0.5, 0.6) is 0 Å². The Bertz CT molecular complexity index is 388. The highest BCUT2D eigenvalue weighted by atomic mass is 19.1. The van der Waals surface area contributed by atoms with Crippen LogP contribution in [0.2, 0.25) is 0 Å². The number of hydrogen-bond acceptors (Lipinski definition) is 1. The van der Waals surface area contributed by atoms with Gasteiger partial charge in [-0.1, -0.05) is 18.2 Å². The number of carbonyl (C=O) groups is 1.